The zero-order chi connectivity index (χ0) is 14.6. The molecule has 0 bridgehead atoms. The van der Waals surface area contributed by atoms with Crippen LogP contribution in [-0.2, 0) is 0 Å². The molecule has 1 aromatic rings. The highest BCUT2D eigenvalue weighted by Gasteiger charge is 2.26. The van der Waals surface area contributed by atoms with Gasteiger partial charge in [-0.1, -0.05) is 31.9 Å². The Kier molecular flexibility index (Phi) is 5.23. The topological polar surface area (TPSA) is 85.1 Å². The van der Waals surface area contributed by atoms with Gasteiger partial charge in [0, 0.05) is 12.2 Å². The Labute approximate surface area is 116 Å². The quantitative estimate of drug-likeness (QED) is 0.512. The van der Waals surface area contributed by atoms with E-state index in [1.807, 2.05) is 20.8 Å². The second kappa shape index (κ2) is 6.47. The van der Waals surface area contributed by atoms with E-state index >= 15 is 0 Å². The van der Waals surface area contributed by atoms with Gasteiger partial charge in [-0.25, -0.2) is 4.98 Å². The molecule has 1 heterocycles. The third kappa shape index (κ3) is 3.64. The number of aromatic nitrogens is 1. The lowest BCUT2D eigenvalue weighted by atomic mass is 10.0. The molecule has 0 saturated heterocycles. The number of nitro groups is 1. The first-order valence-electron chi connectivity index (χ1n) is 5.98. The molecule has 0 saturated carbocycles. The lowest BCUT2D eigenvalue weighted by Gasteiger charge is -2.19. The summed E-state index contributed by atoms with van der Waals surface area (Å²) in [5.74, 6) is -0.232. The summed E-state index contributed by atoms with van der Waals surface area (Å²) in [5, 5.41) is 13.4. The van der Waals surface area contributed by atoms with Crippen molar-refractivity contribution in [2.75, 3.05) is 0 Å². The van der Waals surface area contributed by atoms with E-state index in [9.17, 15) is 14.9 Å². The predicted molar refractivity (Wildman–Crippen MR) is 72.3 cm³/mol. The first kappa shape index (κ1) is 15.4. The highest BCUT2D eigenvalue weighted by atomic mass is 35.5. The summed E-state index contributed by atoms with van der Waals surface area (Å²) in [6.45, 7) is 5.87. The number of carbonyl (C=O) groups is 1. The molecule has 2 atom stereocenters. The van der Waals surface area contributed by atoms with Crippen LogP contribution >= 0.6 is 11.6 Å². The van der Waals surface area contributed by atoms with Crippen molar-refractivity contribution in [2.24, 2.45) is 5.92 Å². The second-order valence-electron chi connectivity index (χ2n) is 4.40. The van der Waals surface area contributed by atoms with Gasteiger partial charge < -0.3 is 5.32 Å². The van der Waals surface area contributed by atoms with Crippen molar-refractivity contribution in [3.8, 4) is 0 Å². The third-order valence-corrected chi connectivity index (χ3v) is 3.44. The summed E-state index contributed by atoms with van der Waals surface area (Å²) >= 11 is 5.66. The summed E-state index contributed by atoms with van der Waals surface area (Å²) in [6.07, 6.45) is 2.18. The SMILES string of the molecule is CCC(C)C(C)NC(=O)c1ccnc(Cl)c1[N+](=O)[O-]. The zero-order valence-corrected chi connectivity index (χ0v) is 11.8. The van der Waals surface area contributed by atoms with Crippen LogP contribution in [0.15, 0.2) is 12.3 Å². The summed E-state index contributed by atoms with van der Waals surface area (Å²) in [7, 11) is 0. The Hall–Kier alpha value is -1.69. The van der Waals surface area contributed by atoms with E-state index in [2.05, 4.69) is 10.3 Å². The average molecular weight is 286 g/mol. The summed E-state index contributed by atoms with van der Waals surface area (Å²) < 4.78 is 0. The molecule has 2 unspecified atom stereocenters. The summed E-state index contributed by atoms with van der Waals surface area (Å²) in [5.41, 5.74) is -0.529. The minimum Gasteiger partial charge on any atom is -0.349 e. The van der Waals surface area contributed by atoms with Gasteiger partial charge in [-0.3, -0.25) is 14.9 Å². The molecule has 0 spiro atoms. The first-order chi connectivity index (χ1) is 8.88. The van der Waals surface area contributed by atoms with E-state index in [0.717, 1.165) is 6.42 Å². The Bertz CT molecular complexity index is 493. The van der Waals surface area contributed by atoms with Crippen molar-refractivity contribution in [2.45, 2.75) is 33.2 Å². The van der Waals surface area contributed by atoms with Crippen LogP contribution in [0.4, 0.5) is 5.69 Å². The molecule has 0 fully saturated rings. The van der Waals surface area contributed by atoms with Crippen molar-refractivity contribution in [1.29, 1.82) is 0 Å². The predicted octanol–water partition coefficient (Wildman–Crippen LogP) is 2.81. The Morgan fingerprint density at radius 3 is 2.74 bits per heavy atom. The molecular weight excluding hydrogens is 270 g/mol. The van der Waals surface area contributed by atoms with Gasteiger partial charge in [-0.05, 0) is 18.9 Å². The lowest BCUT2D eigenvalue weighted by Crippen LogP contribution is -2.37. The summed E-state index contributed by atoms with van der Waals surface area (Å²) in [6, 6.07) is 1.21. The van der Waals surface area contributed by atoms with Crippen molar-refractivity contribution in [1.82, 2.24) is 10.3 Å². The number of carbonyl (C=O) groups excluding carboxylic acids is 1. The number of amides is 1. The van der Waals surface area contributed by atoms with Gasteiger partial charge in [-0.15, -0.1) is 0 Å². The van der Waals surface area contributed by atoms with Gasteiger partial charge in [0.2, 0.25) is 5.15 Å². The molecule has 0 aliphatic rings. The third-order valence-electron chi connectivity index (χ3n) is 3.16. The molecule has 19 heavy (non-hydrogen) atoms. The minimum absolute atomic E-state index is 0.0693. The van der Waals surface area contributed by atoms with Gasteiger partial charge in [0.25, 0.3) is 5.91 Å². The van der Waals surface area contributed by atoms with E-state index in [0.29, 0.717) is 0 Å². The van der Waals surface area contributed by atoms with Gasteiger partial charge in [0.15, 0.2) is 0 Å². The fraction of sp³-hybridized carbons (Fsp3) is 0.500. The molecule has 0 aromatic carbocycles. The monoisotopic (exact) mass is 285 g/mol. The molecule has 0 aliphatic heterocycles. The van der Waals surface area contributed by atoms with Crippen molar-refractivity contribution in [3.63, 3.8) is 0 Å². The summed E-state index contributed by atoms with van der Waals surface area (Å²) in [4.78, 5) is 25.9. The molecule has 1 amide bonds. The van der Waals surface area contributed by atoms with E-state index in [1.165, 1.54) is 12.3 Å². The molecular formula is C12H16ClN3O3. The highest BCUT2D eigenvalue weighted by Crippen LogP contribution is 2.26. The van der Waals surface area contributed by atoms with Crippen molar-refractivity contribution >= 4 is 23.2 Å². The molecule has 6 nitrogen and oxygen atoms in total. The number of rotatable bonds is 5. The number of pyridine rings is 1. The second-order valence-corrected chi connectivity index (χ2v) is 4.76. The Balaban J connectivity index is 3.01. The first-order valence-corrected chi connectivity index (χ1v) is 6.36. The number of hydrogen-bond acceptors (Lipinski definition) is 4. The largest absolute Gasteiger partial charge is 0.349 e. The molecule has 104 valence electrons. The molecule has 1 aromatic heterocycles. The number of halogens is 1. The van der Waals surface area contributed by atoms with Crippen LogP contribution < -0.4 is 5.32 Å². The van der Waals surface area contributed by atoms with E-state index in [4.69, 9.17) is 11.6 Å². The maximum Gasteiger partial charge on any atom is 0.319 e. The number of nitrogens with one attached hydrogen (secondary N) is 1. The van der Waals surface area contributed by atoms with Crippen LogP contribution in [0.25, 0.3) is 0 Å². The number of nitrogens with zero attached hydrogens (tertiary/aromatic N) is 2. The Morgan fingerprint density at radius 1 is 1.58 bits per heavy atom. The maximum absolute atomic E-state index is 12.1. The van der Waals surface area contributed by atoms with Crippen LogP contribution in [0, 0.1) is 16.0 Å². The van der Waals surface area contributed by atoms with Gasteiger partial charge in [-0.2, -0.15) is 0 Å². The highest BCUT2D eigenvalue weighted by molar-refractivity contribution is 6.32. The fourth-order valence-electron chi connectivity index (χ4n) is 1.57. The van der Waals surface area contributed by atoms with E-state index in [-0.39, 0.29) is 22.7 Å². The van der Waals surface area contributed by atoms with Crippen LogP contribution in [0.5, 0.6) is 0 Å². The van der Waals surface area contributed by atoms with Crippen LogP contribution in [0.3, 0.4) is 0 Å². The smallest absolute Gasteiger partial charge is 0.319 e. The maximum atomic E-state index is 12.1. The van der Waals surface area contributed by atoms with E-state index < -0.39 is 16.5 Å². The molecule has 0 radical (unpaired) electrons. The standard InChI is InChI=1S/C12H16ClN3O3/c1-4-7(2)8(3)15-12(17)9-5-6-14-11(13)10(9)16(18)19/h5-8H,4H2,1-3H3,(H,15,17). The molecule has 7 heteroatoms. The normalized spacial score (nSPS) is 13.7. The van der Waals surface area contributed by atoms with Crippen molar-refractivity contribution in [3.05, 3.63) is 33.1 Å². The lowest BCUT2D eigenvalue weighted by molar-refractivity contribution is -0.385. The number of hydrogen-bond donors (Lipinski definition) is 1. The van der Waals surface area contributed by atoms with Gasteiger partial charge in [0.05, 0.1) is 4.92 Å². The minimum atomic E-state index is -0.696. The average Bonchev–Trinajstić information content (AvgIpc) is 2.36. The van der Waals surface area contributed by atoms with Crippen molar-refractivity contribution < 1.29 is 9.72 Å². The molecule has 1 N–H and O–H groups in total. The molecule has 0 aliphatic carbocycles. The van der Waals surface area contributed by atoms with Crippen LogP contribution in [0.1, 0.15) is 37.6 Å². The zero-order valence-electron chi connectivity index (χ0n) is 11.0. The van der Waals surface area contributed by atoms with Gasteiger partial charge >= 0.3 is 5.69 Å². The van der Waals surface area contributed by atoms with Gasteiger partial charge in [0.1, 0.15) is 5.56 Å². The van der Waals surface area contributed by atoms with Crippen LogP contribution in [-0.4, -0.2) is 21.9 Å². The molecule has 1 rings (SSSR count). The van der Waals surface area contributed by atoms with E-state index in [1.54, 1.807) is 0 Å². The fourth-order valence-corrected chi connectivity index (χ4v) is 1.79. The van der Waals surface area contributed by atoms with Crippen LogP contribution in [0.2, 0.25) is 5.15 Å². The Morgan fingerprint density at radius 2 is 2.21 bits per heavy atom.